The van der Waals surface area contributed by atoms with Crippen LogP contribution in [0.5, 0.6) is 0 Å². The van der Waals surface area contributed by atoms with Crippen LogP contribution < -0.4 is 0 Å². The van der Waals surface area contributed by atoms with Gasteiger partial charge in [0.2, 0.25) is 0 Å². The fourth-order valence-electron chi connectivity index (χ4n) is 7.66. The van der Waals surface area contributed by atoms with Gasteiger partial charge in [0, 0.05) is 21.8 Å². The molecule has 1 aliphatic rings. The predicted molar refractivity (Wildman–Crippen MR) is 183 cm³/mol. The zero-order valence-electron chi connectivity index (χ0n) is 24.2. The summed E-state index contributed by atoms with van der Waals surface area (Å²) in [4.78, 5) is 5.43. The van der Waals surface area contributed by atoms with Crippen molar-refractivity contribution in [3.8, 4) is 33.5 Å². The van der Waals surface area contributed by atoms with Crippen molar-refractivity contribution in [1.29, 1.82) is 0 Å². The van der Waals surface area contributed by atoms with Gasteiger partial charge < -0.3 is 0 Å². The Bertz CT molecular complexity index is 2430. The number of fused-ring (bicyclic) bond motifs is 10. The Labute approximate surface area is 251 Å². The van der Waals surface area contributed by atoms with Crippen molar-refractivity contribution in [3.05, 3.63) is 151 Å². The zero-order chi connectivity index (χ0) is 28.7. The monoisotopic (exact) mass is 547 g/mol. The lowest BCUT2D eigenvalue weighted by Crippen LogP contribution is -2.16. The molecule has 0 unspecified atom stereocenters. The second-order valence-electron chi connectivity index (χ2n) is 12.3. The molecule has 1 nitrogen and oxygen atoms in total. The molecule has 0 radical (unpaired) electrons. The molecule has 202 valence electrons. The molecule has 43 heavy (non-hydrogen) atoms. The van der Waals surface area contributed by atoms with E-state index in [4.69, 9.17) is 4.98 Å². The highest BCUT2D eigenvalue weighted by Crippen LogP contribution is 2.53. The van der Waals surface area contributed by atoms with Gasteiger partial charge in [-0.15, -0.1) is 0 Å². The van der Waals surface area contributed by atoms with Crippen molar-refractivity contribution < 1.29 is 0 Å². The highest BCUT2D eigenvalue weighted by molar-refractivity contribution is 6.16. The summed E-state index contributed by atoms with van der Waals surface area (Å²) in [5.74, 6) is 0. The predicted octanol–water partition coefficient (Wildman–Crippen LogP) is 11.3. The summed E-state index contributed by atoms with van der Waals surface area (Å²) in [7, 11) is 0. The molecule has 0 N–H and O–H groups in total. The summed E-state index contributed by atoms with van der Waals surface area (Å²) >= 11 is 0. The Balaban J connectivity index is 1.36. The Morgan fingerprint density at radius 1 is 0.465 bits per heavy atom. The van der Waals surface area contributed by atoms with Crippen LogP contribution in [0.25, 0.3) is 76.7 Å². The van der Waals surface area contributed by atoms with Gasteiger partial charge in [0.15, 0.2) is 0 Å². The fraction of sp³-hybridized carbons (Fsp3) is 0.0714. The van der Waals surface area contributed by atoms with Crippen LogP contribution in [0.4, 0.5) is 0 Å². The van der Waals surface area contributed by atoms with Gasteiger partial charge in [0.1, 0.15) is 0 Å². The molecule has 0 aliphatic heterocycles. The van der Waals surface area contributed by atoms with Crippen LogP contribution in [0.1, 0.15) is 25.0 Å². The highest BCUT2D eigenvalue weighted by atomic mass is 14.7. The minimum Gasteiger partial charge on any atom is -0.247 e. The maximum Gasteiger partial charge on any atom is 0.0791 e. The topological polar surface area (TPSA) is 12.9 Å². The van der Waals surface area contributed by atoms with Crippen LogP contribution in [-0.2, 0) is 5.41 Å². The van der Waals surface area contributed by atoms with E-state index < -0.39 is 0 Å². The van der Waals surface area contributed by atoms with Crippen LogP contribution in [0.15, 0.2) is 140 Å². The third-order valence-corrected chi connectivity index (χ3v) is 9.60. The number of benzene rings is 7. The molecule has 7 aromatic carbocycles. The standard InChI is InChI=1S/C42H29N/c1-42(2)37-20-9-7-18-32(37)35-23-22-34-33-19-8-10-21-38(33)43-41(39(34)40(35)42)28-14-11-13-26(24-28)36-25-27-12-3-4-15-29(27)30-16-5-6-17-31(30)36/h3-25H,1-2H3. The molecule has 0 spiro atoms. The van der Waals surface area contributed by atoms with E-state index in [1.807, 2.05) is 0 Å². The first-order valence-corrected chi connectivity index (χ1v) is 15.1. The van der Waals surface area contributed by atoms with Crippen LogP contribution in [0.3, 0.4) is 0 Å². The number of pyridine rings is 1. The minimum atomic E-state index is -0.142. The molecule has 8 aromatic rings. The number of hydrogen-bond donors (Lipinski definition) is 0. The molecule has 0 saturated carbocycles. The molecular formula is C42H29N. The molecule has 0 fully saturated rings. The Morgan fingerprint density at radius 2 is 1.16 bits per heavy atom. The summed E-state index contributed by atoms with van der Waals surface area (Å²) in [5, 5.41) is 8.83. The second kappa shape index (κ2) is 8.86. The smallest absolute Gasteiger partial charge is 0.0791 e. The van der Waals surface area contributed by atoms with Crippen molar-refractivity contribution in [3.63, 3.8) is 0 Å². The van der Waals surface area contributed by atoms with Gasteiger partial charge in [-0.05, 0) is 78.5 Å². The maximum atomic E-state index is 5.43. The average molecular weight is 548 g/mol. The Morgan fingerprint density at radius 3 is 2.05 bits per heavy atom. The summed E-state index contributed by atoms with van der Waals surface area (Å²) in [6.45, 7) is 4.74. The zero-order valence-corrected chi connectivity index (χ0v) is 24.2. The molecular weight excluding hydrogens is 518 g/mol. The lowest BCUT2D eigenvalue weighted by atomic mass is 9.79. The van der Waals surface area contributed by atoms with Gasteiger partial charge in [-0.25, -0.2) is 4.98 Å². The SMILES string of the molecule is CC1(C)c2ccccc2-c2ccc3c(c(-c4cccc(-c5cc6ccccc6c6ccccc56)c4)nc4ccccc43)c21. The minimum absolute atomic E-state index is 0.142. The van der Waals surface area contributed by atoms with E-state index in [1.165, 1.54) is 71.1 Å². The molecule has 0 atom stereocenters. The molecule has 0 saturated heterocycles. The third kappa shape index (κ3) is 3.43. The molecule has 1 aromatic heterocycles. The normalized spacial score (nSPS) is 13.5. The van der Waals surface area contributed by atoms with Gasteiger partial charge in [-0.1, -0.05) is 135 Å². The van der Waals surface area contributed by atoms with Gasteiger partial charge in [-0.3, -0.25) is 0 Å². The lowest BCUT2D eigenvalue weighted by molar-refractivity contribution is 0.666. The van der Waals surface area contributed by atoms with Crippen LogP contribution in [-0.4, -0.2) is 4.98 Å². The number of aromatic nitrogens is 1. The van der Waals surface area contributed by atoms with Crippen LogP contribution >= 0.6 is 0 Å². The molecule has 1 heterocycles. The first-order valence-electron chi connectivity index (χ1n) is 15.1. The van der Waals surface area contributed by atoms with Crippen molar-refractivity contribution >= 4 is 43.2 Å². The molecule has 0 bridgehead atoms. The summed E-state index contributed by atoms with van der Waals surface area (Å²) in [6.07, 6.45) is 0. The van der Waals surface area contributed by atoms with Crippen molar-refractivity contribution in [2.45, 2.75) is 19.3 Å². The molecule has 0 amide bonds. The fourth-order valence-corrected chi connectivity index (χ4v) is 7.66. The quantitative estimate of drug-likeness (QED) is 0.196. The van der Waals surface area contributed by atoms with Crippen LogP contribution in [0.2, 0.25) is 0 Å². The summed E-state index contributed by atoms with van der Waals surface area (Å²) in [6, 6.07) is 51.0. The maximum absolute atomic E-state index is 5.43. The number of para-hydroxylation sites is 1. The van der Waals surface area contributed by atoms with Gasteiger partial charge in [0.25, 0.3) is 0 Å². The lowest BCUT2D eigenvalue weighted by Gasteiger charge is -2.25. The molecule has 1 aliphatic carbocycles. The van der Waals surface area contributed by atoms with E-state index in [9.17, 15) is 0 Å². The number of rotatable bonds is 2. The van der Waals surface area contributed by atoms with E-state index >= 15 is 0 Å². The molecule has 9 rings (SSSR count). The molecule has 1 heteroatoms. The average Bonchev–Trinajstić information content (AvgIpc) is 3.30. The van der Waals surface area contributed by atoms with Gasteiger partial charge in [0.05, 0.1) is 11.2 Å². The van der Waals surface area contributed by atoms with Gasteiger partial charge in [-0.2, -0.15) is 0 Å². The van der Waals surface area contributed by atoms with Gasteiger partial charge >= 0.3 is 0 Å². The second-order valence-corrected chi connectivity index (χ2v) is 12.3. The number of nitrogens with zero attached hydrogens (tertiary/aromatic N) is 1. The van der Waals surface area contributed by atoms with Crippen molar-refractivity contribution in [2.75, 3.05) is 0 Å². The summed E-state index contributed by atoms with van der Waals surface area (Å²) in [5.41, 5.74) is 11.0. The van der Waals surface area contributed by atoms with E-state index in [-0.39, 0.29) is 5.41 Å². The Hall–Kier alpha value is -5.27. The first-order chi connectivity index (χ1) is 21.1. The van der Waals surface area contributed by atoms with Crippen molar-refractivity contribution in [1.82, 2.24) is 4.98 Å². The number of hydrogen-bond acceptors (Lipinski definition) is 1. The van der Waals surface area contributed by atoms with E-state index in [0.29, 0.717) is 0 Å². The Kier molecular flexibility index (Phi) is 5.02. The van der Waals surface area contributed by atoms with E-state index in [1.54, 1.807) is 0 Å². The van der Waals surface area contributed by atoms with E-state index in [2.05, 4.69) is 153 Å². The first kappa shape index (κ1) is 24.3. The van der Waals surface area contributed by atoms with E-state index in [0.717, 1.165) is 16.8 Å². The summed E-state index contributed by atoms with van der Waals surface area (Å²) < 4.78 is 0. The van der Waals surface area contributed by atoms with Crippen molar-refractivity contribution in [2.24, 2.45) is 0 Å². The third-order valence-electron chi connectivity index (χ3n) is 9.60. The largest absolute Gasteiger partial charge is 0.247 e. The highest BCUT2D eigenvalue weighted by Gasteiger charge is 2.37. The van der Waals surface area contributed by atoms with Crippen LogP contribution in [0, 0.1) is 0 Å².